The molecule has 0 amide bonds. The van der Waals surface area contributed by atoms with Crippen LogP contribution in [0.25, 0.3) is 0 Å². The van der Waals surface area contributed by atoms with Crippen LogP contribution in [0.4, 0.5) is 0 Å². The summed E-state index contributed by atoms with van der Waals surface area (Å²) in [7, 11) is 0. The lowest BCUT2D eigenvalue weighted by Crippen LogP contribution is -2.37. The van der Waals surface area contributed by atoms with E-state index in [1.807, 2.05) is 0 Å². The first-order valence-corrected chi connectivity index (χ1v) is 6.45. The summed E-state index contributed by atoms with van der Waals surface area (Å²) in [6.07, 6.45) is 4.09. The zero-order valence-corrected chi connectivity index (χ0v) is 9.78. The van der Waals surface area contributed by atoms with Gasteiger partial charge in [-0.2, -0.15) is 0 Å². The lowest BCUT2D eigenvalue weighted by atomic mass is 10.1. The molecule has 2 nitrogen and oxygen atoms in total. The third-order valence-electron chi connectivity index (χ3n) is 3.90. The summed E-state index contributed by atoms with van der Waals surface area (Å²) < 4.78 is 0. The molecule has 2 aliphatic heterocycles. The minimum Gasteiger partial charge on any atom is -0.315 e. The van der Waals surface area contributed by atoms with Crippen LogP contribution in [0, 0.1) is 0 Å². The number of hydrogen-bond acceptors (Lipinski definition) is 2. The summed E-state index contributed by atoms with van der Waals surface area (Å²) in [6, 6.07) is 9.62. The highest BCUT2D eigenvalue weighted by molar-refractivity contribution is 5.30. The summed E-state index contributed by atoms with van der Waals surface area (Å²) in [5.41, 5.74) is 3.07. The van der Waals surface area contributed by atoms with E-state index in [0.29, 0.717) is 0 Å². The fraction of sp³-hybridized carbons (Fsp3) is 0.571. The first-order chi connectivity index (χ1) is 7.93. The van der Waals surface area contributed by atoms with Crippen LogP contribution in [0.5, 0.6) is 0 Å². The Morgan fingerprint density at radius 1 is 1.06 bits per heavy atom. The van der Waals surface area contributed by atoms with E-state index in [9.17, 15) is 0 Å². The van der Waals surface area contributed by atoms with Crippen molar-refractivity contribution in [1.82, 2.24) is 10.2 Å². The van der Waals surface area contributed by atoms with Crippen LogP contribution in [0.2, 0.25) is 0 Å². The molecule has 1 aromatic carbocycles. The van der Waals surface area contributed by atoms with E-state index < -0.39 is 0 Å². The molecule has 1 fully saturated rings. The van der Waals surface area contributed by atoms with Crippen molar-refractivity contribution in [3.8, 4) is 0 Å². The number of benzene rings is 1. The SMILES string of the molecule is c1ccc2c(c1)CN(C1CCCCNC1)C2. The van der Waals surface area contributed by atoms with E-state index in [2.05, 4.69) is 34.5 Å². The Balaban J connectivity index is 1.70. The molecule has 1 N–H and O–H groups in total. The fourth-order valence-corrected chi connectivity index (χ4v) is 2.93. The van der Waals surface area contributed by atoms with Crippen molar-refractivity contribution in [3.63, 3.8) is 0 Å². The van der Waals surface area contributed by atoms with Crippen molar-refractivity contribution >= 4 is 0 Å². The maximum absolute atomic E-state index is 3.56. The molecule has 0 spiro atoms. The Kier molecular flexibility index (Phi) is 2.94. The molecule has 0 aromatic heterocycles. The number of rotatable bonds is 1. The van der Waals surface area contributed by atoms with Gasteiger partial charge in [-0.25, -0.2) is 0 Å². The molecule has 1 atom stereocenters. The van der Waals surface area contributed by atoms with Crippen molar-refractivity contribution in [3.05, 3.63) is 35.4 Å². The predicted molar refractivity (Wildman–Crippen MR) is 66.2 cm³/mol. The average Bonchev–Trinajstić information content (AvgIpc) is 2.56. The third-order valence-corrected chi connectivity index (χ3v) is 3.90. The quantitative estimate of drug-likeness (QED) is 0.774. The van der Waals surface area contributed by atoms with E-state index >= 15 is 0 Å². The van der Waals surface area contributed by atoms with Crippen molar-refractivity contribution in [2.24, 2.45) is 0 Å². The van der Waals surface area contributed by atoms with E-state index in [1.165, 1.54) is 43.5 Å². The number of hydrogen-bond donors (Lipinski definition) is 1. The zero-order chi connectivity index (χ0) is 10.8. The van der Waals surface area contributed by atoms with Gasteiger partial charge in [-0.05, 0) is 30.5 Å². The van der Waals surface area contributed by atoms with Gasteiger partial charge >= 0.3 is 0 Å². The van der Waals surface area contributed by atoms with Gasteiger partial charge in [0.2, 0.25) is 0 Å². The molecule has 2 aliphatic rings. The molecule has 3 rings (SSSR count). The molecular formula is C14H20N2. The average molecular weight is 216 g/mol. The lowest BCUT2D eigenvalue weighted by Gasteiger charge is -2.26. The molecule has 86 valence electrons. The van der Waals surface area contributed by atoms with Crippen LogP contribution in [-0.4, -0.2) is 24.0 Å². The molecule has 0 bridgehead atoms. The van der Waals surface area contributed by atoms with Crippen molar-refractivity contribution < 1.29 is 0 Å². The Labute approximate surface area is 97.6 Å². The summed E-state index contributed by atoms with van der Waals surface area (Å²) in [5, 5.41) is 3.56. The first-order valence-electron chi connectivity index (χ1n) is 6.45. The summed E-state index contributed by atoms with van der Waals surface area (Å²) in [6.45, 7) is 4.69. The summed E-state index contributed by atoms with van der Waals surface area (Å²) in [5.74, 6) is 0. The van der Waals surface area contributed by atoms with Crippen LogP contribution in [0.1, 0.15) is 30.4 Å². The normalized spacial score (nSPS) is 26.4. The van der Waals surface area contributed by atoms with Crippen LogP contribution >= 0.6 is 0 Å². The topological polar surface area (TPSA) is 15.3 Å². The predicted octanol–water partition coefficient (Wildman–Crippen LogP) is 2.14. The van der Waals surface area contributed by atoms with Crippen LogP contribution in [-0.2, 0) is 13.1 Å². The second-order valence-electron chi connectivity index (χ2n) is 5.03. The molecule has 16 heavy (non-hydrogen) atoms. The van der Waals surface area contributed by atoms with Crippen LogP contribution < -0.4 is 5.32 Å². The smallest absolute Gasteiger partial charge is 0.0244 e. The summed E-state index contributed by atoms with van der Waals surface area (Å²) in [4.78, 5) is 2.64. The van der Waals surface area contributed by atoms with Gasteiger partial charge in [0.25, 0.3) is 0 Å². The van der Waals surface area contributed by atoms with Crippen molar-refractivity contribution in [2.45, 2.75) is 38.4 Å². The van der Waals surface area contributed by atoms with Gasteiger partial charge < -0.3 is 5.32 Å². The number of nitrogens with zero attached hydrogens (tertiary/aromatic N) is 1. The molecule has 1 unspecified atom stereocenters. The Bertz CT molecular complexity index is 329. The Morgan fingerprint density at radius 3 is 2.56 bits per heavy atom. The van der Waals surface area contributed by atoms with Crippen molar-refractivity contribution in [1.29, 1.82) is 0 Å². The van der Waals surface area contributed by atoms with Crippen LogP contribution in [0.15, 0.2) is 24.3 Å². The minimum absolute atomic E-state index is 0.745. The number of nitrogens with one attached hydrogen (secondary N) is 1. The summed E-state index contributed by atoms with van der Waals surface area (Å²) >= 11 is 0. The van der Waals surface area contributed by atoms with Gasteiger partial charge in [0.1, 0.15) is 0 Å². The van der Waals surface area contributed by atoms with Gasteiger partial charge in [0.15, 0.2) is 0 Å². The van der Waals surface area contributed by atoms with E-state index in [4.69, 9.17) is 0 Å². The van der Waals surface area contributed by atoms with E-state index in [-0.39, 0.29) is 0 Å². The van der Waals surface area contributed by atoms with E-state index in [0.717, 1.165) is 19.1 Å². The van der Waals surface area contributed by atoms with Crippen LogP contribution in [0.3, 0.4) is 0 Å². The minimum atomic E-state index is 0.745. The Hall–Kier alpha value is -0.860. The van der Waals surface area contributed by atoms with Gasteiger partial charge in [-0.15, -0.1) is 0 Å². The highest BCUT2D eigenvalue weighted by Gasteiger charge is 2.25. The maximum atomic E-state index is 3.56. The molecule has 1 saturated heterocycles. The molecular weight excluding hydrogens is 196 g/mol. The number of fused-ring (bicyclic) bond motifs is 1. The molecule has 2 heterocycles. The maximum Gasteiger partial charge on any atom is 0.0244 e. The second kappa shape index (κ2) is 4.56. The standard InChI is InChI=1S/C14H20N2/c1-2-6-13-11-16(10-12(13)5-1)14-7-3-4-8-15-9-14/h1-2,5-6,14-15H,3-4,7-11H2. The van der Waals surface area contributed by atoms with Gasteiger partial charge in [-0.3, -0.25) is 4.90 Å². The third kappa shape index (κ3) is 2.00. The lowest BCUT2D eigenvalue weighted by molar-refractivity contribution is 0.189. The van der Waals surface area contributed by atoms with Gasteiger partial charge in [0, 0.05) is 25.7 Å². The van der Waals surface area contributed by atoms with Gasteiger partial charge in [-0.1, -0.05) is 30.7 Å². The molecule has 2 heteroatoms. The zero-order valence-electron chi connectivity index (χ0n) is 9.78. The van der Waals surface area contributed by atoms with E-state index in [1.54, 1.807) is 0 Å². The molecule has 0 saturated carbocycles. The molecule has 1 aromatic rings. The van der Waals surface area contributed by atoms with Gasteiger partial charge in [0.05, 0.1) is 0 Å². The largest absolute Gasteiger partial charge is 0.315 e. The monoisotopic (exact) mass is 216 g/mol. The Morgan fingerprint density at radius 2 is 1.81 bits per heavy atom. The second-order valence-corrected chi connectivity index (χ2v) is 5.03. The fourth-order valence-electron chi connectivity index (χ4n) is 2.93. The van der Waals surface area contributed by atoms with Crippen molar-refractivity contribution in [2.75, 3.05) is 13.1 Å². The first kappa shape index (κ1) is 10.3. The highest BCUT2D eigenvalue weighted by Crippen LogP contribution is 2.26. The molecule has 0 radical (unpaired) electrons. The highest BCUT2D eigenvalue weighted by atomic mass is 15.2. The molecule has 0 aliphatic carbocycles.